The van der Waals surface area contributed by atoms with Crippen molar-refractivity contribution in [2.45, 2.75) is 25.7 Å². The van der Waals surface area contributed by atoms with Gasteiger partial charge in [-0.2, -0.15) is 0 Å². The lowest BCUT2D eigenvalue weighted by molar-refractivity contribution is 0.0319. The van der Waals surface area contributed by atoms with Crippen molar-refractivity contribution in [2.24, 2.45) is 5.73 Å². The Balaban J connectivity index is 3.70. The Labute approximate surface area is 63.5 Å². The lowest BCUT2D eigenvalue weighted by atomic mass is 10.1. The Morgan fingerprint density at radius 2 is 2.18 bits per heavy atom. The summed E-state index contributed by atoms with van der Waals surface area (Å²) in [7, 11) is 0. The van der Waals surface area contributed by atoms with Crippen LogP contribution in [0.2, 0.25) is 0 Å². The topological polar surface area (TPSA) is 52.3 Å². The van der Waals surface area contributed by atoms with E-state index < -0.39 is 24.5 Å². The Kier molecular flexibility index (Phi) is 3.22. The number of alkyl halides is 2. The number of carbonyl (C=O) groups excluding carboxylic acids is 1. The van der Waals surface area contributed by atoms with Gasteiger partial charge in [-0.1, -0.05) is 0 Å². The predicted octanol–water partition coefficient (Wildman–Crippen LogP) is 1.17. The molecule has 1 amide bonds. The number of carbonyl (C=O) groups is 1. The molecule has 0 aliphatic rings. The van der Waals surface area contributed by atoms with Gasteiger partial charge < -0.3 is 10.5 Å². The highest BCUT2D eigenvalue weighted by molar-refractivity contribution is 5.64. The van der Waals surface area contributed by atoms with Crippen molar-refractivity contribution in [1.82, 2.24) is 0 Å². The molecule has 1 unspecified atom stereocenters. The van der Waals surface area contributed by atoms with Gasteiger partial charge >= 0.3 is 6.09 Å². The molecule has 0 fully saturated rings. The molecular weight excluding hydrogens is 156 g/mol. The van der Waals surface area contributed by atoms with Crippen molar-refractivity contribution in [3.63, 3.8) is 0 Å². The maximum atomic E-state index is 12.6. The first-order valence-corrected chi connectivity index (χ1v) is 3.09. The average molecular weight is 167 g/mol. The molecule has 0 aromatic rings. The number of amides is 1. The smallest absolute Gasteiger partial charge is 0.404 e. The summed E-state index contributed by atoms with van der Waals surface area (Å²) in [4.78, 5) is 9.94. The SMILES string of the molecule is CC(C)(F)C(F)COC(N)=O. The van der Waals surface area contributed by atoms with Crippen molar-refractivity contribution in [3.8, 4) is 0 Å². The molecule has 1 atom stereocenters. The zero-order valence-corrected chi connectivity index (χ0v) is 6.43. The maximum Gasteiger partial charge on any atom is 0.404 e. The molecule has 0 radical (unpaired) electrons. The number of ether oxygens (including phenoxy) is 1. The molecular formula is C6H11F2NO2. The monoisotopic (exact) mass is 167 g/mol. The van der Waals surface area contributed by atoms with Crippen molar-refractivity contribution >= 4 is 6.09 Å². The molecule has 0 rings (SSSR count). The van der Waals surface area contributed by atoms with E-state index in [0.717, 1.165) is 13.8 Å². The van der Waals surface area contributed by atoms with Crippen molar-refractivity contribution < 1.29 is 18.3 Å². The molecule has 0 aliphatic carbocycles. The second-order valence-electron chi connectivity index (χ2n) is 2.66. The summed E-state index contributed by atoms with van der Waals surface area (Å²) in [6.45, 7) is 1.48. The van der Waals surface area contributed by atoms with Crippen molar-refractivity contribution in [2.75, 3.05) is 6.61 Å². The minimum absolute atomic E-state index is 0.640. The summed E-state index contributed by atoms with van der Waals surface area (Å²) < 4.78 is 29.2. The van der Waals surface area contributed by atoms with Crippen LogP contribution in [0.4, 0.5) is 13.6 Å². The lowest BCUT2D eigenvalue weighted by Crippen LogP contribution is -2.33. The van der Waals surface area contributed by atoms with E-state index in [1.807, 2.05) is 0 Å². The zero-order chi connectivity index (χ0) is 9.07. The number of primary amides is 1. The van der Waals surface area contributed by atoms with Crippen molar-refractivity contribution in [3.05, 3.63) is 0 Å². The van der Waals surface area contributed by atoms with E-state index in [0.29, 0.717) is 0 Å². The lowest BCUT2D eigenvalue weighted by Gasteiger charge is -2.18. The number of nitrogens with two attached hydrogens (primary N) is 1. The standard InChI is InChI=1S/C6H11F2NO2/c1-6(2,8)4(7)3-11-5(9)10/h4H,3H2,1-2H3,(H2,9,10). The quantitative estimate of drug-likeness (QED) is 0.685. The average Bonchev–Trinajstić information content (AvgIpc) is 1.80. The third kappa shape index (κ3) is 4.52. The van der Waals surface area contributed by atoms with Gasteiger partial charge in [0.05, 0.1) is 0 Å². The molecule has 66 valence electrons. The van der Waals surface area contributed by atoms with Gasteiger partial charge in [-0.15, -0.1) is 0 Å². The summed E-state index contributed by atoms with van der Waals surface area (Å²) in [6.07, 6.45) is -2.94. The van der Waals surface area contributed by atoms with Crippen LogP contribution in [-0.2, 0) is 4.74 Å². The van der Waals surface area contributed by atoms with Crippen LogP contribution in [-0.4, -0.2) is 24.5 Å². The summed E-state index contributed by atoms with van der Waals surface area (Å²) in [6, 6.07) is 0. The van der Waals surface area contributed by atoms with Gasteiger partial charge in [0, 0.05) is 0 Å². The Morgan fingerprint density at radius 3 is 2.45 bits per heavy atom. The van der Waals surface area contributed by atoms with Gasteiger partial charge in [0.15, 0.2) is 6.17 Å². The van der Waals surface area contributed by atoms with Crippen LogP contribution >= 0.6 is 0 Å². The third-order valence-electron chi connectivity index (χ3n) is 1.12. The van der Waals surface area contributed by atoms with Gasteiger partial charge in [0.25, 0.3) is 0 Å². The fraction of sp³-hybridized carbons (Fsp3) is 0.833. The maximum absolute atomic E-state index is 12.6. The molecule has 0 heterocycles. The van der Waals surface area contributed by atoms with Crippen molar-refractivity contribution in [1.29, 1.82) is 0 Å². The highest BCUT2D eigenvalue weighted by Gasteiger charge is 2.29. The highest BCUT2D eigenvalue weighted by Crippen LogP contribution is 2.17. The molecule has 0 saturated heterocycles. The normalized spacial score (nSPS) is 14.2. The van der Waals surface area contributed by atoms with Crippen LogP contribution in [0.3, 0.4) is 0 Å². The van der Waals surface area contributed by atoms with E-state index in [9.17, 15) is 13.6 Å². The third-order valence-corrected chi connectivity index (χ3v) is 1.12. The number of halogens is 2. The Bertz CT molecular complexity index is 144. The summed E-state index contributed by atoms with van der Waals surface area (Å²) >= 11 is 0. The molecule has 0 aromatic carbocycles. The first-order chi connectivity index (χ1) is 4.84. The molecule has 2 N–H and O–H groups in total. The van der Waals surface area contributed by atoms with Gasteiger partial charge in [-0.25, -0.2) is 13.6 Å². The minimum Gasteiger partial charge on any atom is -0.446 e. The molecule has 5 heteroatoms. The van der Waals surface area contributed by atoms with Crippen LogP contribution < -0.4 is 5.73 Å². The van der Waals surface area contributed by atoms with Gasteiger partial charge in [-0.3, -0.25) is 0 Å². The number of hydrogen-bond acceptors (Lipinski definition) is 2. The summed E-state index contributed by atoms with van der Waals surface area (Å²) in [5, 5.41) is 0. The van der Waals surface area contributed by atoms with E-state index in [1.165, 1.54) is 0 Å². The Morgan fingerprint density at radius 1 is 1.73 bits per heavy atom. The van der Waals surface area contributed by atoms with Crippen LogP contribution in [0.5, 0.6) is 0 Å². The van der Waals surface area contributed by atoms with Gasteiger partial charge in [-0.05, 0) is 13.8 Å². The largest absolute Gasteiger partial charge is 0.446 e. The molecule has 0 bridgehead atoms. The fourth-order valence-corrected chi connectivity index (χ4v) is 0.353. The second-order valence-corrected chi connectivity index (χ2v) is 2.66. The first kappa shape index (κ1) is 10.1. The predicted molar refractivity (Wildman–Crippen MR) is 35.6 cm³/mol. The van der Waals surface area contributed by atoms with E-state index in [1.54, 1.807) is 0 Å². The molecule has 0 spiro atoms. The molecule has 0 saturated carbocycles. The van der Waals surface area contributed by atoms with Gasteiger partial charge in [0.1, 0.15) is 12.3 Å². The number of hydrogen-bond donors (Lipinski definition) is 1. The molecule has 3 nitrogen and oxygen atoms in total. The number of rotatable bonds is 3. The summed E-state index contributed by atoms with van der Waals surface area (Å²) in [5.41, 5.74) is 2.53. The van der Waals surface area contributed by atoms with Crippen LogP contribution in [0, 0.1) is 0 Å². The van der Waals surface area contributed by atoms with Crippen LogP contribution in [0.25, 0.3) is 0 Å². The second kappa shape index (κ2) is 3.50. The van der Waals surface area contributed by atoms with Crippen LogP contribution in [0.15, 0.2) is 0 Å². The fourth-order valence-electron chi connectivity index (χ4n) is 0.353. The molecule has 11 heavy (non-hydrogen) atoms. The molecule has 0 aromatic heterocycles. The minimum atomic E-state index is -2.00. The Hall–Kier alpha value is -0.870. The van der Waals surface area contributed by atoms with Gasteiger partial charge in [0.2, 0.25) is 0 Å². The van der Waals surface area contributed by atoms with E-state index in [-0.39, 0.29) is 0 Å². The highest BCUT2D eigenvalue weighted by atomic mass is 19.2. The molecule has 0 aliphatic heterocycles. The van der Waals surface area contributed by atoms with Crippen LogP contribution in [0.1, 0.15) is 13.8 Å². The van der Waals surface area contributed by atoms with E-state index in [4.69, 9.17) is 0 Å². The van der Waals surface area contributed by atoms with E-state index >= 15 is 0 Å². The first-order valence-electron chi connectivity index (χ1n) is 3.09. The zero-order valence-electron chi connectivity index (χ0n) is 6.43. The van der Waals surface area contributed by atoms with E-state index in [2.05, 4.69) is 10.5 Å². The summed E-state index contributed by atoms with van der Waals surface area (Å²) in [5.74, 6) is 0.